The quantitative estimate of drug-likeness (QED) is 0.839. The van der Waals surface area contributed by atoms with Gasteiger partial charge in [-0.3, -0.25) is 4.79 Å². The Balaban J connectivity index is 2.15. The molecular weight excluding hydrogens is 214 g/mol. The lowest BCUT2D eigenvalue weighted by molar-refractivity contribution is 0.396. The Bertz CT molecular complexity index is 419. The molecular formula is C13H21N3O. The third kappa shape index (κ3) is 3.16. The van der Waals surface area contributed by atoms with Gasteiger partial charge in [0.15, 0.2) is 0 Å². The normalized spacial score (nSPS) is 20.8. The van der Waals surface area contributed by atoms with Crippen LogP contribution >= 0.6 is 0 Å². The van der Waals surface area contributed by atoms with Crippen LogP contribution in [0.15, 0.2) is 11.0 Å². The minimum atomic E-state index is 0.0241. The summed E-state index contributed by atoms with van der Waals surface area (Å²) in [5.41, 5.74) is 0.815. The average Bonchev–Trinajstić information content (AvgIpc) is 2.32. The summed E-state index contributed by atoms with van der Waals surface area (Å²) >= 11 is 0. The van der Waals surface area contributed by atoms with Crippen molar-refractivity contribution in [1.29, 1.82) is 0 Å². The first-order chi connectivity index (χ1) is 8.16. The van der Waals surface area contributed by atoms with Crippen molar-refractivity contribution < 1.29 is 0 Å². The van der Waals surface area contributed by atoms with Gasteiger partial charge < -0.3 is 10.3 Å². The van der Waals surface area contributed by atoms with Gasteiger partial charge in [0.1, 0.15) is 5.82 Å². The molecule has 0 spiro atoms. The Morgan fingerprint density at radius 1 is 1.47 bits per heavy atom. The first kappa shape index (κ1) is 12.3. The Morgan fingerprint density at radius 2 is 2.29 bits per heavy atom. The van der Waals surface area contributed by atoms with E-state index in [-0.39, 0.29) is 11.6 Å². The van der Waals surface area contributed by atoms with E-state index in [1.165, 1.54) is 12.8 Å². The highest BCUT2D eigenvalue weighted by atomic mass is 16.1. The molecule has 0 bridgehead atoms. The van der Waals surface area contributed by atoms with Crippen molar-refractivity contribution in [2.75, 3.05) is 6.54 Å². The summed E-state index contributed by atoms with van der Waals surface area (Å²) in [7, 11) is 0. The Morgan fingerprint density at radius 3 is 2.88 bits per heavy atom. The van der Waals surface area contributed by atoms with Crippen molar-refractivity contribution in [3.05, 3.63) is 27.9 Å². The molecule has 0 amide bonds. The molecule has 17 heavy (non-hydrogen) atoms. The maximum absolute atomic E-state index is 11.9. The van der Waals surface area contributed by atoms with Gasteiger partial charge in [0.05, 0.1) is 6.04 Å². The molecule has 1 atom stereocenters. The summed E-state index contributed by atoms with van der Waals surface area (Å²) in [6.45, 7) is 5.23. The molecule has 0 saturated carbocycles. The van der Waals surface area contributed by atoms with Gasteiger partial charge >= 0.3 is 0 Å². The van der Waals surface area contributed by atoms with E-state index in [1.54, 1.807) is 6.20 Å². The molecule has 1 aliphatic heterocycles. The lowest BCUT2D eigenvalue weighted by Crippen LogP contribution is -2.30. The summed E-state index contributed by atoms with van der Waals surface area (Å²) in [5.74, 6) is 1.28. The smallest absolute Gasteiger partial charge is 0.254 e. The molecule has 1 saturated heterocycles. The van der Waals surface area contributed by atoms with Crippen LogP contribution in [0.25, 0.3) is 0 Å². The second-order valence-corrected chi connectivity index (χ2v) is 5.22. The molecule has 2 rings (SSSR count). The Kier molecular flexibility index (Phi) is 3.94. The first-order valence-corrected chi connectivity index (χ1v) is 6.48. The van der Waals surface area contributed by atoms with Gasteiger partial charge in [-0.05, 0) is 31.7 Å². The predicted molar refractivity (Wildman–Crippen MR) is 68.0 cm³/mol. The molecule has 1 unspecified atom stereocenters. The van der Waals surface area contributed by atoms with Gasteiger partial charge in [-0.25, -0.2) is 4.98 Å². The fourth-order valence-electron chi connectivity index (χ4n) is 2.28. The third-order valence-electron chi connectivity index (χ3n) is 3.16. The second-order valence-electron chi connectivity index (χ2n) is 5.22. The molecule has 1 fully saturated rings. The van der Waals surface area contributed by atoms with Crippen molar-refractivity contribution in [2.45, 2.75) is 45.6 Å². The molecule has 94 valence electrons. The first-order valence-electron chi connectivity index (χ1n) is 6.48. The van der Waals surface area contributed by atoms with E-state index >= 15 is 0 Å². The average molecular weight is 235 g/mol. The van der Waals surface area contributed by atoms with Gasteiger partial charge in [0.2, 0.25) is 0 Å². The lowest BCUT2D eigenvalue weighted by atomic mass is 10.0. The molecule has 1 aromatic rings. The largest absolute Gasteiger partial charge is 0.309 e. The van der Waals surface area contributed by atoms with E-state index in [9.17, 15) is 4.79 Å². The number of hydrogen-bond acceptors (Lipinski definition) is 3. The zero-order valence-corrected chi connectivity index (χ0v) is 10.6. The number of rotatable bonds is 3. The fourth-order valence-corrected chi connectivity index (χ4v) is 2.28. The van der Waals surface area contributed by atoms with E-state index in [0.717, 1.165) is 30.8 Å². The minimum absolute atomic E-state index is 0.0241. The topological polar surface area (TPSA) is 57.8 Å². The van der Waals surface area contributed by atoms with E-state index < -0.39 is 0 Å². The van der Waals surface area contributed by atoms with Crippen LogP contribution in [0.5, 0.6) is 0 Å². The van der Waals surface area contributed by atoms with Crippen LogP contribution in [0.3, 0.4) is 0 Å². The fraction of sp³-hybridized carbons (Fsp3) is 0.692. The van der Waals surface area contributed by atoms with Gasteiger partial charge in [-0.15, -0.1) is 0 Å². The maximum atomic E-state index is 11.9. The van der Waals surface area contributed by atoms with Crippen molar-refractivity contribution in [2.24, 2.45) is 5.92 Å². The number of piperidine rings is 1. The van der Waals surface area contributed by atoms with Crippen molar-refractivity contribution in [3.8, 4) is 0 Å². The predicted octanol–water partition coefficient (Wildman–Crippen LogP) is 1.78. The highest BCUT2D eigenvalue weighted by molar-refractivity contribution is 5.08. The van der Waals surface area contributed by atoms with Crippen LogP contribution in [-0.4, -0.2) is 16.5 Å². The number of aromatic amines is 1. The van der Waals surface area contributed by atoms with Crippen LogP contribution in [0.2, 0.25) is 0 Å². The van der Waals surface area contributed by atoms with Crippen LogP contribution < -0.4 is 10.9 Å². The highest BCUT2D eigenvalue weighted by Gasteiger charge is 2.17. The molecule has 2 N–H and O–H groups in total. The minimum Gasteiger partial charge on any atom is -0.309 e. The monoisotopic (exact) mass is 235 g/mol. The molecule has 0 radical (unpaired) electrons. The number of H-pyrrole nitrogens is 1. The standard InChI is InChI=1S/C13H21N3O/c1-9(2)7-10-8-15-12(16-13(10)17)11-5-3-4-6-14-11/h8-9,11,14H,3-7H2,1-2H3,(H,15,16,17). The Labute approximate surface area is 102 Å². The summed E-state index contributed by atoms with van der Waals surface area (Å²) < 4.78 is 0. The maximum Gasteiger partial charge on any atom is 0.254 e. The lowest BCUT2D eigenvalue weighted by Gasteiger charge is -2.22. The van der Waals surface area contributed by atoms with E-state index in [2.05, 4.69) is 29.1 Å². The van der Waals surface area contributed by atoms with E-state index in [0.29, 0.717) is 5.92 Å². The zero-order chi connectivity index (χ0) is 12.3. The molecule has 4 heteroatoms. The number of aromatic nitrogens is 2. The zero-order valence-electron chi connectivity index (χ0n) is 10.6. The molecule has 2 heterocycles. The SMILES string of the molecule is CC(C)Cc1cnc(C2CCCCN2)[nH]c1=O. The molecule has 1 aliphatic rings. The third-order valence-corrected chi connectivity index (χ3v) is 3.16. The van der Waals surface area contributed by atoms with Gasteiger partial charge in [0, 0.05) is 11.8 Å². The molecule has 0 aliphatic carbocycles. The van der Waals surface area contributed by atoms with Crippen LogP contribution in [0.4, 0.5) is 0 Å². The number of nitrogens with one attached hydrogen (secondary N) is 2. The van der Waals surface area contributed by atoms with Crippen LogP contribution in [0, 0.1) is 5.92 Å². The number of hydrogen-bond donors (Lipinski definition) is 2. The van der Waals surface area contributed by atoms with Gasteiger partial charge in [-0.1, -0.05) is 20.3 Å². The second kappa shape index (κ2) is 5.45. The van der Waals surface area contributed by atoms with E-state index in [1.807, 2.05) is 0 Å². The van der Waals surface area contributed by atoms with Crippen LogP contribution in [0.1, 0.15) is 50.5 Å². The Hall–Kier alpha value is -1.16. The van der Waals surface area contributed by atoms with Crippen molar-refractivity contribution >= 4 is 0 Å². The van der Waals surface area contributed by atoms with E-state index in [4.69, 9.17) is 0 Å². The molecule has 4 nitrogen and oxygen atoms in total. The number of nitrogens with zero attached hydrogens (tertiary/aromatic N) is 1. The molecule has 1 aromatic heterocycles. The highest BCUT2D eigenvalue weighted by Crippen LogP contribution is 2.18. The molecule has 0 aromatic carbocycles. The summed E-state index contributed by atoms with van der Waals surface area (Å²) in [6.07, 6.45) is 6.01. The summed E-state index contributed by atoms with van der Waals surface area (Å²) in [4.78, 5) is 19.2. The summed E-state index contributed by atoms with van der Waals surface area (Å²) in [5, 5.41) is 3.39. The van der Waals surface area contributed by atoms with Crippen LogP contribution in [-0.2, 0) is 6.42 Å². The summed E-state index contributed by atoms with van der Waals surface area (Å²) in [6, 6.07) is 0.226. The van der Waals surface area contributed by atoms with Crippen molar-refractivity contribution in [1.82, 2.24) is 15.3 Å². The van der Waals surface area contributed by atoms with Crippen molar-refractivity contribution in [3.63, 3.8) is 0 Å². The van der Waals surface area contributed by atoms with Gasteiger partial charge in [0.25, 0.3) is 5.56 Å². The van der Waals surface area contributed by atoms with Gasteiger partial charge in [-0.2, -0.15) is 0 Å².